The quantitative estimate of drug-likeness (QED) is 0.0243. The van der Waals surface area contributed by atoms with Gasteiger partial charge in [0.2, 0.25) is 5.91 Å². The van der Waals surface area contributed by atoms with Crippen LogP contribution < -0.4 is 5.32 Å². The molecule has 3 atom stereocenters. The van der Waals surface area contributed by atoms with Gasteiger partial charge in [0, 0.05) is 6.42 Å². The number of amides is 1. The van der Waals surface area contributed by atoms with Crippen LogP contribution in [0.5, 0.6) is 0 Å². The molecule has 0 aromatic heterocycles. The van der Waals surface area contributed by atoms with Gasteiger partial charge in [0.15, 0.2) is 0 Å². The lowest BCUT2D eigenvalue weighted by molar-refractivity contribution is -0.870. The normalized spacial score (nSPS) is 14.1. The Labute approximate surface area is 497 Å². The maximum absolute atomic E-state index is 13.0. The Balaban J connectivity index is 4.05. The molecule has 3 N–H and O–H groups in total. The summed E-state index contributed by atoms with van der Waals surface area (Å²) in [5.74, 6) is -0.182. The predicted octanol–water partition coefficient (Wildman–Crippen LogP) is 21.8. The van der Waals surface area contributed by atoms with Gasteiger partial charge in [0.05, 0.1) is 39.9 Å². The molecule has 0 fully saturated rings. The molecular weight excluding hydrogens is 1010 g/mol. The maximum Gasteiger partial charge on any atom is 0.472 e. The first-order chi connectivity index (χ1) is 39.0. The largest absolute Gasteiger partial charge is 0.472 e. The van der Waals surface area contributed by atoms with Gasteiger partial charge in [-0.15, -0.1) is 0 Å². The van der Waals surface area contributed by atoms with Gasteiger partial charge in [-0.2, -0.15) is 0 Å². The lowest BCUT2D eigenvalue weighted by Crippen LogP contribution is -2.45. The Bertz CT molecular complexity index is 1530. The van der Waals surface area contributed by atoms with Crippen molar-refractivity contribution in [2.45, 2.75) is 334 Å². The van der Waals surface area contributed by atoms with Crippen LogP contribution in [0.2, 0.25) is 0 Å². The summed E-state index contributed by atoms with van der Waals surface area (Å²) in [6.07, 6.45) is 86.2. The Kier molecular flexibility index (Phi) is 59.9. The number of carbonyl (C=O) groups is 1. The van der Waals surface area contributed by atoms with Crippen LogP contribution in [0, 0.1) is 0 Å². The van der Waals surface area contributed by atoms with Gasteiger partial charge in [0.1, 0.15) is 13.2 Å². The van der Waals surface area contributed by atoms with Crippen molar-refractivity contribution in [3.63, 3.8) is 0 Å². The summed E-state index contributed by atoms with van der Waals surface area (Å²) in [4.78, 5) is 23.4. The van der Waals surface area contributed by atoms with E-state index in [1.807, 2.05) is 27.2 Å². The molecule has 0 aliphatic heterocycles. The molecule has 0 heterocycles. The highest BCUT2D eigenvalue weighted by molar-refractivity contribution is 7.47. The van der Waals surface area contributed by atoms with Crippen LogP contribution in [0.4, 0.5) is 0 Å². The van der Waals surface area contributed by atoms with Crippen molar-refractivity contribution in [1.29, 1.82) is 0 Å². The van der Waals surface area contributed by atoms with E-state index >= 15 is 0 Å². The minimum atomic E-state index is -4.36. The molecule has 0 bridgehead atoms. The molecule has 0 aliphatic rings. The number of rotatable bonds is 63. The lowest BCUT2D eigenvalue weighted by Gasteiger charge is -2.25. The SMILES string of the molecule is CC/C=C\C/C=C\C/C=C\C/C=C\CCCCCCCCCCCCCCCCCCCCCCCCC(=O)NC(COP(=O)(O)OCC[N+](C)(C)C)C(O)/C=C/CC/C=C/CCCCCCCCCCCCCCCCCCC. The molecule has 0 aliphatic carbocycles. The number of carbonyl (C=O) groups excluding carboxylic acids is 1. The number of quaternary nitrogens is 1. The van der Waals surface area contributed by atoms with Crippen molar-refractivity contribution in [1.82, 2.24) is 5.32 Å². The van der Waals surface area contributed by atoms with E-state index in [9.17, 15) is 19.4 Å². The Morgan fingerprint density at radius 1 is 0.438 bits per heavy atom. The van der Waals surface area contributed by atoms with Crippen LogP contribution in [0.15, 0.2) is 72.9 Å². The highest BCUT2D eigenvalue weighted by Crippen LogP contribution is 2.43. The summed E-state index contributed by atoms with van der Waals surface area (Å²) in [6.45, 7) is 4.72. The molecule has 8 nitrogen and oxygen atoms in total. The third-order valence-corrected chi connectivity index (χ3v) is 16.4. The third kappa shape index (κ3) is 63.5. The fraction of sp³-hybridized carbons (Fsp3) is 0.817. The average Bonchev–Trinajstić information content (AvgIpc) is 3.42. The highest BCUT2D eigenvalue weighted by Gasteiger charge is 2.28. The lowest BCUT2D eigenvalue weighted by atomic mass is 10.0. The zero-order valence-electron chi connectivity index (χ0n) is 53.6. The van der Waals surface area contributed by atoms with Crippen molar-refractivity contribution in [2.75, 3.05) is 40.9 Å². The zero-order valence-corrected chi connectivity index (χ0v) is 54.5. The van der Waals surface area contributed by atoms with Gasteiger partial charge in [0.25, 0.3) is 0 Å². The summed E-state index contributed by atoms with van der Waals surface area (Å²) in [5, 5.41) is 14.0. The summed E-state index contributed by atoms with van der Waals surface area (Å²) >= 11 is 0. The van der Waals surface area contributed by atoms with E-state index in [4.69, 9.17) is 9.05 Å². The first-order valence-corrected chi connectivity index (χ1v) is 35.8. The van der Waals surface area contributed by atoms with E-state index in [0.29, 0.717) is 17.4 Å². The number of nitrogens with zero attached hydrogens (tertiary/aromatic N) is 1. The average molecular weight is 1140 g/mol. The van der Waals surface area contributed by atoms with Gasteiger partial charge in [-0.05, 0) is 70.6 Å². The summed E-state index contributed by atoms with van der Waals surface area (Å²) in [7, 11) is 1.56. The van der Waals surface area contributed by atoms with E-state index in [-0.39, 0.29) is 19.1 Å². The third-order valence-electron chi connectivity index (χ3n) is 15.4. The molecule has 468 valence electrons. The number of phosphoric acid groups is 1. The molecule has 3 unspecified atom stereocenters. The van der Waals surface area contributed by atoms with Crippen molar-refractivity contribution >= 4 is 13.7 Å². The topological polar surface area (TPSA) is 105 Å². The molecule has 9 heteroatoms. The second-order valence-electron chi connectivity index (χ2n) is 24.5. The van der Waals surface area contributed by atoms with E-state index < -0.39 is 20.0 Å². The fourth-order valence-electron chi connectivity index (χ4n) is 10.1. The molecular formula is C71H134N2O6P+. The van der Waals surface area contributed by atoms with Gasteiger partial charge in [-0.1, -0.05) is 318 Å². The number of hydrogen-bond acceptors (Lipinski definition) is 5. The second-order valence-corrected chi connectivity index (χ2v) is 26.0. The molecule has 0 radical (unpaired) electrons. The summed E-state index contributed by atoms with van der Waals surface area (Å²) in [6, 6.07) is -0.865. The number of aliphatic hydroxyl groups excluding tert-OH is 1. The number of phosphoric ester groups is 1. The first-order valence-electron chi connectivity index (χ1n) is 34.3. The molecule has 0 aromatic rings. The van der Waals surface area contributed by atoms with Crippen molar-refractivity contribution < 1.29 is 32.9 Å². The van der Waals surface area contributed by atoms with Crippen LogP contribution in [0.25, 0.3) is 0 Å². The van der Waals surface area contributed by atoms with Gasteiger partial charge < -0.3 is 19.8 Å². The number of nitrogens with one attached hydrogen (secondary N) is 1. The molecule has 80 heavy (non-hydrogen) atoms. The molecule has 0 saturated carbocycles. The number of likely N-dealkylation sites (N-methyl/N-ethyl adjacent to an activating group) is 1. The molecule has 0 rings (SSSR count). The van der Waals surface area contributed by atoms with E-state index in [1.165, 1.54) is 238 Å². The Hall–Kier alpha value is -2.06. The minimum Gasteiger partial charge on any atom is -0.387 e. The molecule has 0 spiro atoms. The number of aliphatic hydroxyl groups is 1. The number of unbranched alkanes of at least 4 members (excludes halogenated alkanes) is 40. The standard InChI is InChI=1S/C71H133N2O6P/c1-6-8-10-12-14-16-18-20-22-24-26-28-30-31-32-33-34-35-36-37-38-39-40-41-43-45-47-49-51-53-55-57-59-61-63-65-71(75)72-69(68-79-80(76,77)78-67-66-73(3,4)5)70(74)64-62-60-58-56-54-52-50-48-46-44-42-29-27-25-23-21-19-17-15-13-11-9-7-2/h8,10,14,16,20,22,26,28,54,56,62,64,69-70,74H,6-7,9,11-13,15,17-19,21,23-25,27,29-53,55,57-61,63,65-68H2,1-5H3,(H-,72,75,76,77)/p+1/b10-8-,16-14-,22-20-,28-26-,56-54+,64-62+. The van der Waals surface area contributed by atoms with E-state index in [0.717, 1.165) is 64.2 Å². The molecule has 0 saturated heterocycles. The zero-order chi connectivity index (χ0) is 58.4. The van der Waals surface area contributed by atoms with Gasteiger partial charge in [-0.3, -0.25) is 13.8 Å². The molecule has 1 amide bonds. The van der Waals surface area contributed by atoms with E-state index in [1.54, 1.807) is 6.08 Å². The minimum absolute atomic E-state index is 0.0562. The molecule has 0 aromatic carbocycles. The highest BCUT2D eigenvalue weighted by atomic mass is 31.2. The van der Waals surface area contributed by atoms with Crippen LogP contribution >= 0.6 is 7.82 Å². The maximum atomic E-state index is 13.0. The van der Waals surface area contributed by atoms with Crippen LogP contribution in [-0.4, -0.2) is 73.4 Å². The van der Waals surface area contributed by atoms with Gasteiger partial charge >= 0.3 is 7.82 Å². The van der Waals surface area contributed by atoms with Crippen LogP contribution in [0.1, 0.15) is 322 Å². The number of allylic oxidation sites excluding steroid dienone is 11. The first kappa shape index (κ1) is 77.9. The van der Waals surface area contributed by atoms with Crippen molar-refractivity contribution in [2.24, 2.45) is 0 Å². The van der Waals surface area contributed by atoms with Crippen LogP contribution in [0.3, 0.4) is 0 Å². The summed E-state index contributed by atoms with van der Waals surface area (Å²) < 4.78 is 23.8. The van der Waals surface area contributed by atoms with Gasteiger partial charge in [-0.25, -0.2) is 4.57 Å². The fourth-order valence-corrected chi connectivity index (χ4v) is 10.8. The Morgan fingerprint density at radius 2 is 0.762 bits per heavy atom. The van der Waals surface area contributed by atoms with Crippen LogP contribution in [-0.2, 0) is 18.4 Å². The van der Waals surface area contributed by atoms with Crippen molar-refractivity contribution in [3.8, 4) is 0 Å². The Morgan fingerprint density at radius 3 is 1.15 bits per heavy atom. The predicted molar refractivity (Wildman–Crippen MR) is 350 cm³/mol. The summed E-state index contributed by atoms with van der Waals surface area (Å²) in [5.41, 5.74) is 0. The van der Waals surface area contributed by atoms with E-state index in [2.05, 4.69) is 79.9 Å². The monoisotopic (exact) mass is 1140 g/mol. The smallest absolute Gasteiger partial charge is 0.387 e. The van der Waals surface area contributed by atoms with Crippen molar-refractivity contribution in [3.05, 3.63) is 72.9 Å². The second kappa shape index (κ2) is 61.5. The number of hydrogen-bond donors (Lipinski definition) is 3.